The monoisotopic (exact) mass is 321 g/mol. The van der Waals surface area contributed by atoms with E-state index in [2.05, 4.69) is 5.48 Å². The molecule has 0 unspecified atom stereocenters. The molecule has 1 heterocycles. The maximum Gasteiger partial charge on any atom is 0.199 e. The van der Waals surface area contributed by atoms with E-state index in [1.807, 2.05) is 0 Å². The van der Waals surface area contributed by atoms with Gasteiger partial charge in [0, 0.05) is 10.0 Å². The number of halogens is 2. The molecule has 0 saturated carbocycles. The van der Waals surface area contributed by atoms with Crippen molar-refractivity contribution in [1.29, 1.82) is 0 Å². The summed E-state index contributed by atoms with van der Waals surface area (Å²) in [6.45, 7) is 3.52. The third-order valence-corrected chi connectivity index (χ3v) is 4.75. The van der Waals surface area contributed by atoms with Gasteiger partial charge in [-0.15, -0.1) is 0 Å². The molecule has 0 bridgehead atoms. The zero-order valence-electron chi connectivity index (χ0n) is 10.4. The van der Waals surface area contributed by atoms with Crippen molar-refractivity contribution >= 4 is 33.0 Å². The fraction of sp³-hybridized carbons (Fsp3) is 0.333. The van der Waals surface area contributed by atoms with Gasteiger partial charge in [0.25, 0.3) is 0 Å². The average molecular weight is 322 g/mol. The van der Waals surface area contributed by atoms with Crippen LogP contribution >= 0.6 is 23.2 Å². The van der Waals surface area contributed by atoms with E-state index in [4.69, 9.17) is 28.0 Å². The van der Waals surface area contributed by atoms with Gasteiger partial charge in [-0.3, -0.25) is 10.3 Å². The average Bonchev–Trinajstić information content (AvgIpc) is 2.65. The summed E-state index contributed by atoms with van der Waals surface area (Å²) in [5.74, 6) is -0.231. The summed E-state index contributed by atoms with van der Waals surface area (Å²) in [6, 6.07) is 4.73. The Labute approximate surface area is 122 Å². The summed E-state index contributed by atoms with van der Waals surface area (Å²) >= 11 is 11.8. The van der Waals surface area contributed by atoms with Gasteiger partial charge < -0.3 is 0 Å². The lowest BCUT2D eigenvalue weighted by Gasteiger charge is -2.11. The van der Waals surface area contributed by atoms with Crippen LogP contribution in [0.25, 0.3) is 0 Å². The first kappa shape index (κ1) is 14.7. The maximum absolute atomic E-state index is 12.2. The van der Waals surface area contributed by atoms with E-state index in [0.717, 1.165) is 0 Å². The minimum absolute atomic E-state index is 0.0496. The number of hydrogen-bond acceptors (Lipinski definition) is 4. The van der Waals surface area contributed by atoms with Gasteiger partial charge in [0.05, 0.1) is 5.75 Å². The van der Waals surface area contributed by atoms with Crippen LogP contribution in [0.4, 0.5) is 0 Å². The molecular weight excluding hydrogens is 309 g/mol. The predicted molar refractivity (Wildman–Crippen MR) is 75.5 cm³/mol. The lowest BCUT2D eigenvalue weighted by molar-refractivity contribution is -0.0129. The zero-order chi connectivity index (χ0) is 14.3. The topological polar surface area (TPSA) is 55.4 Å². The Morgan fingerprint density at radius 1 is 1.32 bits per heavy atom. The standard InChI is InChI=1S/C12H13Cl2NO3S/c1-12(2)6-11(15-18-12)19(16,17)7-8-5-9(13)3-4-10(8)14/h3-6,15H,7H2,1-2H3. The number of hydrogen-bond donors (Lipinski definition) is 1. The largest absolute Gasteiger partial charge is 0.265 e. The summed E-state index contributed by atoms with van der Waals surface area (Å²) in [7, 11) is -3.54. The Bertz CT molecular complexity index is 638. The van der Waals surface area contributed by atoms with Crippen LogP contribution in [0, 0.1) is 0 Å². The molecule has 1 aliphatic rings. The van der Waals surface area contributed by atoms with E-state index >= 15 is 0 Å². The van der Waals surface area contributed by atoms with E-state index < -0.39 is 15.4 Å². The highest BCUT2D eigenvalue weighted by atomic mass is 35.5. The van der Waals surface area contributed by atoms with Crippen molar-refractivity contribution < 1.29 is 13.3 Å². The Morgan fingerprint density at radius 3 is 2.58 bits per heavy atom. The molecule has 0 amide bonds. The molecule has 1 aliphatic heterocycles. The second kappa shape index (κ2) is 4.98. The van der Waals surface area contributed by atoms with Crippen LogP contribution in [0.2, 0.25) is 10.0 Å². The van der Waals surface area contributed by atoms with Gasteiger partial charge in [-0.25, -0.2) is 8.42 Å². The second-order valence-corrected chi connectivity index (χ2v) is 7.61. The van der Waals surface area contributed by atoms with Gasteiger partial charge in [0.1, 0.15) is 5.60 Å². The van der Waals surface area contributed by atoms with E-state index in [9.17, 15) is 8.42 Å². The first-order valence-corrected chi connectivity index (χ1v) is 7.94. The molecule has 1 aromatic rings. The van der Waals surface area contributed by atoms with E-state index in [1.165, 1.54) is 6.08 Å². The molecule has 0 saturated heterocycles. The summed E-state index contributed by atoms with van der Waals surface area (Å²) < 4.78 is 24.5. The summed E-state index contributed by atoms with van der Waals surface area (Å²) in [4.78, 5) is 5.15. The molecule has 0 aliphatic carbocycles. The lowest BCUT2D eigenvalue weighted by Crippen LogP contribution is -2.22. The molecule has 1 N–H and O–H groups in total. The highest BCUT2D eigenvalue weighted by molar-refractivity contribution is 7.94. The number of sulfone groups is 1. The van der Waals surface area contributed by atoms with Gasteiger partial charge in [0.15, 0.2) is 14.9 Å². The molecule has 0 aromatic heterocycles. The summed E-state index contributed by atoms with van der Waals surface area (Å²) in [5, 5.41) is 0.861. The van der Waals surface area contributed by atoms with Crippen molar-refractivity contribution in [3.8, 4) is 0 Å². The van der Waals surface area contributed by atoms with Crippen molar-refractivity contribution in [2.45, 2.75) is 25.2 Å². The van der Waals surface area contributed by atoms with E-state index in [0.29, 0.717) is 15.6 Å². The normalized spacial score (nSPS) is 18.0. The minimum Gasteiger partial charge on any atom is -0.265 e. The fourth-order valence-corrected chi connectivity index (χ4v) is 3.54. The number of benzene rings is 1. The van der Waals surface area contributed by atoms with Crippen LogP contribution < -0.4 is 5.48 Å². The smallest absolute Gasteiger partial charge is 0.199 e. The first-order valence-electron chi connectivity index (χ1n) is 5.53. The molecule has 19 heavy (non-hydrogen) atoms. The molecule has 7 heteroatoms. The number of rotatable bonds is 3. The van der Waals surface area contributed by atoms with Gasteiger partial charge in [-0.2, -0.15) is 0 Å². The Balaban J connectivity index is 2.30. The van der Waals surface area contributed by atoms with E-state index in [-0.39, 0.29) is 10.8 Å². The quantitative estimate of drug-likeness (QED) is 0.929. The van der Waals surface area contributed by atoms with Crippen molar-refractivity contribution in [2.75, 3.05) is 0 Å². The Morgan fingerprint density at radius 2 is 2.00 bits per heavy atom. The molecule has 0 fully saturated rings. The minimum atomic E-state index is -3.54. The molecule has 2 rings (SSSR count). The predicted octanol–water partition coefficient (Wildman–Crippen LogP) is 3.06. The van der Waals surface area contributed by atoms with Crippen molar-refractivity contribution in [1.82, 2.24) is 5.48 Å². The van der Waals surface area contributed by atoms with Crippen LogP contribution in [0.15, 0.2) is 29.3 Å². The molecule has 4 nitrogen and oxygen atoms in total. The van der Waals surface area contributed by atoms with Crippen LogP contribution in [-0.4, -0.2) is 14.0 Å². The number of hydroxylamine groups is 1. The third kappa shape index (κ3) is 3.42. The lowest BCUT2D eigenvalue weighted by atomic mass is 10.1. The van der Waals surface area contributed by atoms with Crippen LogP contribution in [0.5, 0.6) is 0 Å². The van der Waals surface area contributed by atoms with Crippen molar-refractivity contribution in [3.63, 3.8) is 0 Å². The van der Waals surface area contributed by atoms with Crippen LogP contribution in [0.3, 0.4) is 0 Å². The molecular formula is C12H13Cl2NO3S. The van der Waals surface area contributed by atoms with Crippen molar-refractivity contribution in [2.24, 2.45) is 0 Å². The highest BCUT2D eigenvalue weighted by Gasteiger charge is 2.31. The van der Waals surface area contributed by atoms with Crippen LogP contribution in [-0.2, 0) is 20.4 Å². The van der Waals surface area contributed by atoms with Gasteiger partial charge >= 0.3 is 0 Å². The maximum atomic E-state index is 12.2. The third-order valence-electron chi connectivity index (χ3n) is 2.58. The highest BCUT2D eigenvalue weighted by Crippen LogP contribution is 2.27. The molecule has 1 aromatic carbocycles. The van der Waals surface area contributed by atoms with Gasteiger partial charge in [-0.1, -0.05) is 23.2 Å². The Kier molecular flexibility index (Phi) is 3.84. The molecule has 0 radical (unpaired) electrons. The zero-order valence-corrected chi connectivity index (χ0v) is 12.7. The molecule has 0 spiro atoms. The Hall–Kier alpha value is -0.750. The van der Waals surface area contributed by atoms with Gasteiger partial charge in [-0.05, 0) is 43.7 Å². The SMILES string of the molecule is CC1(C)C=C(S(=O)(=O)Cc2cc(Cl)ccc2Cl)NO1. The first-order chi connectivity index (χ1) is 8.70. The fourth-order valence-electron chi connectivity index (χ4n) is 1.65. The van der Waals surface area contributed by atoms with Crippen molar-refractivity contribution in [3.05, 3.63) is 44.9 Å². The van der Waals surface area contributed by atoms with E-state index in [1.54, 1.807) is 32.0 Å². The molecule has 0 atom stereocenters. The van der Waals surface area contributed by atoms with Gasteiger partial charge in [0.2, 0.25) is 0 Å². The summed E-state index contributed by atoms with van der Waals surface area (Å²) in [5.41, 5.74) is 2.25. The van der Waals surface area contributed by atoms with Crippen LogP contribution in [0.1, 0.15) is 19.4 Å². The number of nitrogens with one attached hydrogen (secondary N) is 1. The summed E-state index contributed by atoms with van der Waals surface area (Å²) in [6.07, 6.45) is 1.53. The second-order valence-electron chi connectivity index (χ2n) is 4.81. The molecule has 104 valence electrons.